The first-order chi connectivity index (χ1) is 10.1. The molecule has 0 spiro atoms. The molecule has 1 amide bonds. The number of rotatable bonds is 6. The van der Waals surface area contributed by atoms with Crippen LogP contribution in [0.15, 0.2) is 27.4 Å². The molecule has 0 bridgehead atoms. The van der Waals surface area contributed by atoms with E-state index in [2.05, 4.69) is 26.8 Å². The van der Waals surface area contributed by atoms with Crippen LogP contribution in [0.4, 0.5) is 0 Å². The summed E-state index contributed by atoms with van der Waals surface area (Å²) in [4.78, 5) is 14.2. The van der Waals surface area contributed by atoms with Gasteiger partial charge in [-0.05, 0) is 49.3 Å². The third kappa shape index (κ3) is 3.33. The van der Waals surface area contributed by atoms with E-state index in [1.165, 1.54) is 5.56 Å². The molecule has 1 aliphatic carbocycles. The number of carbonyl (C=O) groups is 1. The molecule has 5 nitrogen and oxygen atoms in total. The van der Waals surface area contributed by atoms with Gasteiger partial charge in [0.1, 0.15) is 5.76 Å². The van der Waals surface area contributed by atoms with Crippen molar-refractivity contribution in [1.82, 2.24) is 15.4 Å². The summed E-state index contributed by atoms with van der Waals surface area (Å²) in [6.45, 7) is 0.550. The smallest absolute Gasteiger partial charge is 0.273 e. The predicted molar refractivity (Wildman–Crippen MR) is 81.6 cm³/mol. The lowest BCUT2D eigenvalue weighted by Gasteiger charge is -2.23. The molecule has 0 unspecified atom stereocenters. The van der Waals surface area contributed by atoms with E-state index in [9.17, 15) is 4.79 Å². The lowest BCUT2D eigenvalue weighted by molar-refractivity contribution is 0.0933. The molecule has 1 aliphatic rings. The SMILES string of the molecule is CN(C)[C@@H](CNC(=O)c1cc(C2CC2)on1)c1ccsc1. The maximum Gasteiger partial charge on any atom is 0.273 e. The molecule has 1 atom stereocenters. The van der Waals surface area contributed by atoms with Gasteiger partial charge in [0, 0.05) is 18.5 Å². The van der Waals surface area contributed by atoms with Gasteiger partial charge in [-0.25, -0.2) is 0 Å². The van der Waals surface area contributed by atoms with Crippen LogP contribution in [0.3, 0.4) is 0 Å². The molecule has 1 saturated carbocycles. The Bertz CT molecular complexity index is 602. The van der Waals surface area contributed by atoms with E-state index >= 15 is 0 Å². The number of likely N-dealkylation sites (N-methyl/N-ethyl adjacent to an activating group) is 1. The minimum absolute atomic E-state index is 0.162. The second-order valence-corrected chi connectivity index (χ2v) is 6.41. The molecule has 6 heteroatoms. The van der Waals surface area contributed by atoms with E-state index < -0.39 is 0 Å². The van der Waals surface area contributed by atoms with Gasteiger partial charge >= 0.3 is 0 Å². The molecule has 2 aromatic heterocycles. The van der Waals surface area contributed by atoms with Crippen molar-refractivity contribution < 1.29 is 9.32 Å². The van der Waals surface area contributed by atoms with Crippen molar-refractivity contribution in [3.05, 3.63) is 39.9 Å². The number of hydrogen-bond acceptors (Lipinski definition) is 5. The standard InChI is InChI=1S/C15H19N3O2S/c1-18(2)13(11-5-6-21-9-11)8-16-15(19)12-7-14(20-17-12)10-3-4-10/h5-7,9-10,13H,3-4,8H2,1-2H3,(H,16,19)/t13-/m0/s1. The fraction of sp³-hybridized carbons (Fsp3) is 0.467. The van der Waals surface area contributed by atoms with Crippen molar-refractivity contribution in [2.24, 2.45) is 0 Å². The molecule has 3 rings (SSSR count). The summed E-state index contributed by atoms with van der Waals surface area (Å²) in [6, 6.07) is 4.01. The minimum Gasteiger partial charge on any atom is -0.360 e. The highest BCUT2D eigenvalue weighted by Crippen LogP contribution is 2.40. The maximum absolute atomic E-state index is 12.1. The predicted octanol–water partition coefficient (Wildman–Crippen LogP) is 2.65. The average Bonchev–Trinajstić information content (AvgIpc) is 2.98. The molecular formula is C15H19N3O2S. The summed E-state index contributed by atoms with van der Waals surface area (Å²) in [5, 5.41) is 11.0. The van der Waals surface area contributed by atoms with Crippen molar-refractivity contribution in [2.75, 3.05) is 20.6 Å². The zero-order valence-corrected chi connectivity index (χ0v) is 13.0. The molecule has 0 saturated heterocycles. The second kappa shape index (κ2) is 5.99. The third-order valence-electron chi connectivity index (χ3n) is 3.75. The van der Waals surface area contributed by atoms with E-state index in [1.54, 1.807) is 17.4 Å². The van der Waals surface area contributed by atoms with Gasteiger partial charge in [-0.1, -0.05) is 5.16 Å². The van der Waals surface area contributed by atoms with E-state index in [4.69, 9.17) is 4.52 Å². The van der Waals surface area contributed by atoms with Crippen LogP contribution in [0, 0.1) is 0 Å². The summed E-state index contributed by atoms with van der Waals surface area (Å²) in [6.07, 6.45) is 2.27. The molecule has 0 radical (unpaired) electrons. The lowest BCUT2D eigenvalue weighted by Crippen LogP contribution is -2.34. The second-order valence-electron chi connectivity index (χ2n) is 5.63. The van der Waals surface area contributed by atoms with Gasteiger partial charge in [0.25, 0.3) is 5.91 Å². The Morgan fingerprint density at radius 1 is 1.57 bits per heavy atom. The summed E-state index contributed by atoms with van der Waals surface area (Å²) < 4.78 is 5.22. The molecule has 21 heavy (non-hydrogen) atoms. The van der Waals surface area contributed by atoms with Crippen LogP contribution >= 0.6 is 11.3 Å². The number of amides is 1. The van der Waals surface area contributed by atoms with Gasteiger partial charge in [-0.3, -0.25) is 4.79 Å². The van der Waals surface area contributed by atoms with Crippen LogP contribution < -0.4 is 5.32 Å². The summed E-state index contributed by atoms with van der Waals surface area (Å²) in [5.41, 5.74) is 1.59. The van der Waals surface area contributed by atoms with Crippen LogP contribution in [-0.2, 0) is 0 Å². The van der Waals surface area contributed by atoms with Gasteiger partial charge in [-0.15, -0.1) is 0 Å². The number of aromatic nitrogens is 1. The van der Waals surface area contributed by atoms with Gasteiger partial charge in [0.2, 0.25) is 0 Å². The number of carbonyl (C=O) groups excluding carboxylic acids is 1. The fourth-order valence-corrected chi connectivity index (χ4v) is 3.01. The lowest BCUT2D eigenvalue weighted by atomic mass is 10.1. The largest absolute Gasteiger partial charge is 0.360 e. The Kier molecular flexibility index (Phi) is 4.07. The highest BCUT2D eigenvalue weighted by atomic mass is 32.1. The van der Waals surface area contributed by atoms with Crippen molar-refractivity contribution in [3.63, 3.8) is 0 Å². The molecule has 2 aromatic rings. The maximum atomic E-state index is 12.1. The molecule has 112 valence electrons. The zero-order valence-electron chi connectivity index (χ0n) is 12.2. The number of nitrogens with one attached hydrogen (secondary N) is 1. The first-order valence-corrected chi connectivity index (χ1v) is 8.02. The van der Waals surface area contributed by atoms with Crippen molar-refractivity contribution >= 4 is 17.2 Å². The zero-order chi connectivity index (χ0) is 14.8. The Labute approximate surface area is 127 Å². The summed E-state index contributed by atoms with van der Waals surface area (Å²) in [7, 11) is 4.02. The van der Waals surface area contributed by atoms with Crippen LogP contribution in [0.25, 0.3) is 0 Å². The number of nitrogens with zero attached hydrogens (tertiary/aromatic N) is 2. The summed E-state index contributed by atoms with van der Waals surface area (Å²) >= 11 is 1.66. The molecular weight excluding hydrogens is 286 g/mol. The topological polar surface area (TPSA) is 58.4 Å². The highest BCUT2D eigenvalue weighted by molar-refractivity contribution is 7.07. The molecule has 1 fully saturated rings. The number of hydrogen-bond donors (Lipinski definition) is 1. The Hall–Kier alpha value is -1.66. The van der Waals surface area contributed by atoms with Gasteiger partial charge < -0.3 is 14.7 Å². The number of thiophene rings is 1. The Morgan fingerprint density at radius 2 is 2.38 bits per heavy atom. The van der Waals surface area contributed by atoms with Crippen LogP contribution in [-0.4, -0.2) is 36.6 Å². The van der Waals surface area contributed by atoms with E-state index in [1.807, 2.05) is 19.5 Å². The fourth-order valence-electron chi connectivity index (χ4n) is 2.30. The van der Waals surface area contributed by atoms with Gasteiger partial charge in [0.15, 0.2) is 5.69 Å². The van der Waals surface area contributed by atoms with Gasteiger partial charge in [-0.2, -0.15) is 11.3 Å². The molecule has 2 heterocycles. The quantitative estimate of drug-likeness (QED) is 0.891. The van der Waals surface area contributed by atoms with Crippen molar-refractivity contribution in [1.29, 1.82) is 0 Å². The monoisotopic (exact) mass is 305 g/mol. The van der Waals surface area contributed by atoms with E-state index in [-0.39, 0.29) is 11.9 Å². The molecule has 0 aromatic carbocycles. The average molecular weight is 305 g/mol. The summed E-state index contributed by atoms with van der Waals surface area (Å²) in [5.74, 6) is 1.13. The Morgan fingerprint density at radius 3 is 3.00 bits per heavy atom. The van der Waals surface area contributed by atoms with Crippen LogP contribution in [0.1, 0.15) is 46.6 Å². The van der Waals surface area contributed by atoms with Gasteiger partial charge in [0.05, 0.1) is 6.04 Å². The van der Waals surface area contributed by atoms with Crippen molar-refractivity contribution in [3.8, 4) is 0 Å². The van der Waals surface area contributed by atoms with Crippen molar-refractivity contribution in [2.45, 2.75) is 24.8 Å². The van der Waals surface area contributed by atoms with Crippen LogP contribution in [0.2, 0.25) is 0 Å². The highest BCUT2D eigenvalue weighted by Gasteiger charge is 2.29. The molecule has 1 N–H and O–H groups in total. The third-order valence-corrected chi connectivity index (χ3v) is 4.45. The van der Waals surface area contributed by atoms with E-state index in [0.717, 1.165) is 18.6 Å². The molecule has 0 aliphatic heterocycles. The van der Waals surface area contributed by atoms with Crippen LogP contribution in [0.5, 0.6) is 0 Å². The Balaban J connectivity index is 1.60. The first-order valence-electron chi connectivity index (χ1n) is 7.08. The first kappa shape index (κ1) is 14.3. The minimum atomic E-state index is -0.173. The van der Waals surface area contributed by atoms with E-state index in [0.29, 0.717) is 18.2 Å². The normalized spacial score (nSPS) is 16.1.